The molecule has 0 aromatic heterocycles. The van der Waals surface area contributed by atoms with Crippen LogP contribution in [0, 0.1) is 0 Å². The highest BCUT2D eigenvalue weighted by atomic mass is 79.9. The number of hydrogen-bond acceptors (Lipinski definition) is 6. The number of fused-ring (bicyclic) bond motifs is 1. The summed E-state index contributed by atoms with van der Waals surface area (Å²) in [4.78, 5) is 29.7. The minimum Gasteiger partial charge on any atom is -0.480 e. The van der Waals surface area contributed by atoms with Crippen LogP contribution in [0.3, 0.4) is 0 Å². The first-order valence-corrected chi connectivity index (χ1v) is 10.6. The molecule has 3 rings (SSSR count). The number of carboxylic acid groups (broad SMARTS) is 1. The molecule has 0 aliphatic carbocycles. The fourth-order valence-corrected chi connectivity index (χ4v) is 7.93. The van der Waals surface area contributed by atoms with Gasteiger partial charge in [-0.15, -0.1) is 11.8 Å². The Hall–Kier alpha value is 0.620. The van der Waals surface area contributed by atoms with Crippen LogP contribution in [0.2, 0.25) is 0 Å². The van der Waals surface area contributed by atoms with Gasteiger partial charge < -0.3 is 10.0 Å². The number of aliphatic imine (C=N–C) groups is 1. The standard InChI is InChI=1S/C11H12Br2N2O3S3/c1-10(4-20-9-14-2-3-19-9)5(6(16)17)15-7(18)11(12,13)8(15)21-10/h5,8H,2-4H2,1H3,(H,16,17)/t5-,8+,10-/m0/s1. The van der Waals surface area contributed by atoms with E-state index in [1.54, 1.807) is 23.5 Å². The van der Waals surface area contributed by atoms with Crippen LogP contribution in [-0.4, -0.2) is 63.7 Å². The van der Waals surface area contributed by atoms with Crippen molar-refractivity contribution in [1.29, 1.82) is 0 Å². The Morgan fingerprint density at radius 1 is 1.62 bits per heavy atom. The van der Waals surface area contributed by atoms with Crippen molar-refractivity contribution >= 4 is 83.4 Å². The minimum absolute atomic E-state index is 0.199. The average Bonchev–Trinajstić information content (AvgIpc) is 3.01. The molecule has 3 atom stereocenters. The van der Waals surface area contributed by atoms with E-state index in [4.69, 9.17) is 0 Å². The molecule has 3 aliphatic heterocycles. The largest absolute Gasteiger partial charge is 0.480 e. The van der Waals surface area contributed by atoms with E-state index in [-0.39, 0.29) is 11.3 Å². The van der Waals surface area contributed by atoms with E-state index in [9.17, 15) is 14.7 Å². The van der Waals surface area contributed by atoms with Crippen LogP contribution in [0.25, 0.3) is 0 Å². The second-order valence-corrected chi connectivity index (χ2v) is 12.6. The highest BCUT2D eigenvalue weighted by Gasteiger charge is 2.70. The number of carbonyl (C=O) groups excluding carboxylic acids is 1. The second kappa shape index (κ2) is 5.61. The summed E-state index contributed by atoms with van der Waals surface area (Å²) in [5, 5.41) is 9.37. The van der Waals surface area contributed by atoms with Gasteiger partial charge in [-0.25, -0.2) is 4.79 Å². The van der Waals surface area contributed by atoms with E-state index in [2.05, 4.69) is 36.9 Å². The topological polar surface area (TPSA) is 70.0 Å². The van der Waals surface area contributed by atoms with E-state index in [1.165, 1.54) is 16.7 Å². The van der Waals surface area contributed by atoms with Crippen molar-refractivity contribution in [2.24, 2.45) is 4.99 Å². The van der Waals surface area contributed by atoms with Crippen molar-refractivity contribution in [2.45, 2.75) is 26.3 Å². The smallest absolute Gasteiger partial charge is 0.327 e. The molecule has 1 amide bonds. The number of aliphatic carboxylic acids is 1. The molecule has 0 spiro atoms. The molecule has 0 bridgehead atoms. The lowest BCUT2D eigenvalue weighted by Gasteiger charge is -2.46. The van der Waals surface area contributed by atoms with Gasteiger partial charge in [0.05, 0.1) is 11.3 Å². The molecule has 10 heteroatoms. The molecular weight excluding hydrogens is 464 g/mol. The summed E-state index contributed by atoms with van der Waals surface area (Å²) in [5.74, 6) is 0.455. The highest BCUT2D eigenvalue weighted by molar-refractivity contribution is 9.26. The summed E-state index contributed by atoms with van der Waals surface area (Å²) in [5.41, 5.74) is 0. The number of nitrogens with zero attached hydrogens (tertiary/aromatic N) is 2. The van der Waals surface area contributed by atoms with Crippen molar-refractivity contribution in [3.8, 4) is 0 Å². The van der Waals surface area contributed by atoms with Gasteiger partial charge in [0.1, 0.15) is 15.8 Å². The fraction of sp³-hybridized carbons (Fsp3) is 0.727. The molecule has 21 heavy (non-hydrogen) atoms. The van der Waals surface area contributed by atoms with E-state index in [1.807, 2.05) is 6.92 Å². The zero-order valence-corrected chi connectivity index (χ0v) is 16.5. The number of hydrogen-bond donors (Lipinski definition) is 1. The zero-order chi connectivity index (χ0) is 15.4. The Balaban J connectivity index is 1.80. The van der Waals surface area contributed by atoms with Crippen molar-refractivity contribution in [2.75, 3.05) is 18.1 Å². The van der Waals surface area contributed by atoms with Crippen LogP contribution in [0.5, 0.6) is 0 Å². The number of carbonyl (C=O) groups is 2. The summed E-state index contributed by atoms with van der Waals surface area (Å²) in [6.07, 6.45) is 0. The molecule has 0 unspecified atom stereocenters. The van der Waals surface area contributed by atoms with E-state index in [0.717, 1.165) is 16.7 Å². The third kappa shape index (κ3) is 2.58. The first-order chi connectivity index (χ1) is 9.77. The van der Waals surface area contributed by atoms with Crippen molar-refractivity contribution in [3.63, 3.8) is 0 Å². The van der Waals surface area contributed by atoms with Gasteiger partial charge in [0, 0.05) is 11.5 Å². The lowest BCUT2D eigenvalue weighted by molar-refractivity contribution is -0.157. The third-order valence-corrected chi connectivity index (χ3v) is 10.2. The molecule has 0 radical (unpaired) electrons. The van der Waals surface area contributed by atoms with E-state index in [0.29, 0.717) is 5.75 Å². The van der Waals surface area contributed by atoms with Crippen LogP contribution < -0.4 is 0 Å². The number of carboxylic acids is 1. The molecule has 2 fully saturated rings. The summed E-state index contributed by atoms with van der Waals surface area (Å²) < 4.78 is -0.350. The molecule has 0 aromatic carbocycles. The number of halogens is 2. The summed E-state index contributed by atoms with van der Waals surface area (Å²) in [6, 6.07) is -0.803. The Morgan fingerprint density at radius 3 is 2.90 bits per heavy atom. The molecule has 1 N–H and O–H groups in total. The Morgan fingerprint density at radius 2 is 2.33 bits per heavy atom. The normalized spacial score (nSPS) is 37.2. The maximum Gasteiger partial charge on any atom is 0.327 e. The Bertz CT molecular complexity index is 545. The lowest BCUT2D eigenvalue weighted by Crippen LogP contribution is -2.68. The van der Waals surface area contributed by atoms with Crippen molar-refractivity contribution in [3.05, 3.63) is 0 Å². The van der Waals surface area contributed by atoms with Gasteiger partial charge in [0.15, 0.2) is 3.23 Å². The molecule has 0 aromatic rings. The van der Waals surface area contributed by atoms with Gasteiger partial charge in [-0.05, 0) is 6.92 Å². The predicted octanol–water partition coefficient (Wildman–Crippen LogP) is 2.44. The number of thioether (sulfide) groups is 3. The Labute approximate surface area is 151 Å². The molecule has 5 nitrogen and oxygen atoms in total. The van der Waals surface area contributed by atoms with Gasteiger partial charge in [0.2, 0.25) is 0 Å². The average molecular weight is 476 g/mol. The minimum atomic E-state index is -0.946. The monoisotopic (exact) mass is 474 g/mol. The van der Waals surface area contributed by atoms with Crippen LogP contribution >= 0.6 is 67.1 Å². The van der Waals surface area contributed by atoms with Crippen molar-refractivity contribution in [1.82, 2.24) is 4.90 Å². The van der Waals surface area contributed by atoms with Crippen molar-refractivity contribution < 1.29 is 14.7 Å². The zero-order valence-electron chi connectivity index (χ0n) is 10.9. The van der Waals surface area contributed by atoms with Crippen LogP contribution in [0.1, 0.15) is 6.92 Å². The first-order valence-electron chi connectivity index (χ1n) is 6.18. The maximum absolute atomic E-state index is 12.1. The molecule has 0 saturated carbocycles. The number of rotatable bonds is 3. The summed E-state index contributed by atoms with van der Waals surface area (Å²) in [6.45, 7) is 2.75. The fourth-order valence-electron chi connectivity index (χ4n) is 2.59. The van der Waals surface area contributed by atoms with Crippen LogP contribution in [0.15, 0.2) is 4.99 Å². The highest BCUT2D eigenvalue weighted by Crippen LogP contribution is 2.61. The number of alkyl halides is 2. The molecule has 116 valence electrons. The second-order valence-electron chi connectivity index (χ2n) is 5.14. The first kappa shape index (κ1) is 16.5. The SMILES string of the molecule is C[C@@]1(CSC2=NCCS2)S[C@H]2N(C(=O)C2(Br)Br)[C@H]1C(=O)O. The van der Waals surface area contributed by atoms with Gasteiger partial charge >= 0.3 is 5.97 Å². The third-order valence-electron chi connectivity index (χ3n) is 3.59. The predicted molar refractivity (Wildman–Crippen MR) is 95.9 cm³/mol. The maximum atomic E-state index is 12.1. The van der Waals surface area contributed by atoms with Crippen LogP contribution in [-0.2, 0) is 9.59 Å². The summed E-state index contributed by atoms with van der Waals surface area (Å²) in [7, 11) is 0. The number of β-lactam (4-membered cyclic amide) rings is 1. The number of amides is 1. The quantitative estimate of drug-likeness (QED) is 0.499. The summed E-state index contributed by atoms with van der Waals surface area (Å²) >= 11 is 11.6. The molecule has 3 heterocycles. The van der Waals surface area contributed by atoms with Gasteiger partial charge in [0.25, 0.3) is 5.91 Å². The van der Waals surface area contributed by atoms with Gasteiger partial charge in [-0.2, -0.15) is 0 Å². The van der Waals surface area contributed by atoms with Gasteiger partial charge in [-0.1, -0.05) is 55.4 Å². The van der Waals surface area contributed by atoms with E-state index < -0.39 is 20.0 Å². The molecular formula is C11H12Br2N2O3S3. The Kier molecular flexibility index (Phi) is 4.40. The van der Waals surface area contributed by atoms with Gasteiger partial charge in [-0.3, -0.25) is 9.79 Å². The molecule has 2 saturated heterocycles. The lowest BCUT2D eigenvalue weighted by atomic mass is 9.98. The van der Waals surface area contributed by atoms with Crippen LogP contribution in [0.4, 0.5) is 0 Å². The molecule has 3 aliphatic rings. The van der Waals surface area contributed by atoms with E-state index >= 15 is 0 Å².